The Morgan fingerprint density at radius 3 is 1.55 bits per heavy atom. The standard InChI is InChI=1S/C39H40F2N2O4.C25H28F2N2O4.CH4.2ClH.2H2O.Pd.H2/c40-39(41,32-18-10-5-11-19-32)29-46-25-13-2-1-12-24-43(26-30-14-6-3-7-15-30)27-35(44)33-20-22-36(38-34(33)21-23-37(45)42-38)47-28-31-16-8-4-9-17-31;26-25(27,18-8-4-3-5-9-18)17-33-15-7-2-1-6-14-28-16-22(31)19-10-12-21(30)24-20(19)11-13-23(32)29-24;;;;;;;/h3-11,14-23H,1-2,12-13,24-29H2,(H,42,45);3-5,8-13,28,30H,1-2,6-7,14-17H2,(H,29,32);1H4;2*1H;2*1H2;;1H. The number of carbonyl (C=O) groups excluding carboxylic acids is 2. The average molecular weight is 1330 g/mol. The van der Waals surface area contributed by atoms with Crippen molar-refractivity contribution in [3.05, 3.63) is 224 Å². The van der Waals surface area contributed by atoms with Gasteiger partial charge < -0.3 is 45.6 Å². The van der Waals surface area contributed by atoms with Crippen molar-refractivity contribution in [3.8, 4) is 11.5 Å². The number of halogens is 6. The molecule has 0 saturated heterocycles. The molecule has 0 aliphatic rings. The van der Waals surface area contributed by atoms with E-state index in [9.17, 15) is 41.8 Å². The molecule has 8 rings (SSSR count). The van der Waals surface area contributed by atoms with Gasteiger partial charge in [0.2, 0.25) is 11.1 Å². The van der Waals surface area contributed by atoms with Gasteiger partial charge in [-0.2, -0.15) is 17.6 Å². The first kappa shape index (κ1) is 77.4. The molecule has 0 spiro atoms. The largest absolute Gasteiger partial charge is 0.506 e. The van der Waals surface area contributed by atoms with Crippen molar-refractivity contribution < 1.29 is 79.3 Å². The number of phenols is 1. The second kappa shape index (κ2) is 40.0. The summed E-state index contributed by atoms with van der Waals surface area (Å²) in [6.07, 6.45) is 6.54. The van der Waals surface area contributed by atoms with Crippen LogP contribution in [0.25, 0.3) is 21.8 Å². The van der Waals surface area contributed by atoms with E-state index in [4.69, 9.17) is 14.2 Å². The number of hydrogen-bond acceptors (Lipinski definition) is 10. The number of aromatic hydroxyl groups is 1. The fraction of sp³-hybridized carbons (Fsp3) is 0.323. The molecule has 21 heteroatoms. The number of rotatable bonds is 31. The van der Waals surface area contributed by atoms with Crippen LogP contribution in [-0.2, 0) is 54.9 Å². The molecule has 0 aliphatic heterocycles. The summed E-state index contributed by atoms with van der Waals surface area (Å²) in [5.74, 6) is -5.77. The summed E-state index contributed by atoms with van der Waals surface area (Å²) < 4.78 is 73.2. The van der Waals surface area contributed by atoms with Gasteiger partial charge in [0.15, 0.2) is 11.6 Å². The maximum absolute atomic E-state index is 14.3. The Bertz CT molecular complexity index is 3350. The Morgan fingerprint density at radius 2 is 1.00 bits per heavy atom. The van der Waals surface area contributed by atoms with Crippen LogP contribution < -0.4 is 21.2 Å². The van der Waals surface area contributed by atoms with E-state index in [2.05, 4.69) is 20.2 Å². The van der Waals surface area contributed by atoms with E-state index in [0.29, 0.717) is 72.2 Å². The van der Waals surface area contributed by atoms with Gasteiger partial charge in [-0.25, -0.2) is 0 Å². The molecule has 0 unspecified atom stereocenters. The van der Waals surface area contributed by atoms with Crippen molar-refractivity contribution in [1.29, 1.82) is 0 Å². The number of nitrogens with one attached hydrogen (secondary N) is 3. The molecule has 0 fully saturated rings. The number of Topliss-reactive ketones (excluding diaryl/α,β-unsaturated/α-hetero) is 2. The number of nitrogens with zero attached hydrogens (tertiary/aromatic N) is 1. The van der Waals surface area contributed by atoms with Gasteiger partial charge in [-0.3, -0.25) is 24.1 Å². The van der Waals surface area contributed by atoms with E-state index in [0.717, 1.165) is 49.7 Å². The maximum atomic E-state index is 14.3. The van der Waals surface area contributed by atoms with Crippen LogP contribution in [0.5, 0.6) is 11.5 Å². The number of aromatic amines is 2. The first-order chi connectivity index (χ1) is 38.8. The van der Waals surface area contributed by atoms with Crippen molar-refractivity contribution in [2.45, 2.75) is 83.8 Å². The maximum Gasteiger partial charge on any atom is 0.296 e. The van der Waals surface area contributed by atoms with E-state index in [1.165, 1.54) is 48.5 Å². The van der Waals surface area contributed by atoms with Gasteiger partial charge in [-0.15, -0.1) is 24.8 Å². The van der Waals surface area contributed by atoms with Crippen LogP contribution in [0.3, 0.4) is 0 Å². The van der Waals surface area contributed by atoms with Gasteiger partial charge >= 0.3 is 0 Å². The number of ketones is 2. The van der Waals surface area contributed by atoms with E-state index in [1.54, 1.807) is 60.7 Å². The topological polar surface area (TPSA) is 226 Å². The summed E-state index contributed by atoms with van der Waals surface area (Å²) in [5, 5.41) is 14.1. The van der Waals surface area contributed by atoms with Crippen molar-refractivity contribution in [2.75, 3.05) is 52.6 Å². The Morgan fingerprint density at radius 1 is 0.547 bits per heavy atom. The van der Waals surface area contributed by atoms with Gasteiger partial charge in [-0.05, 0) is 86.3 Å². The Labute approximate surface area is 526 Å². The summed E-state index contributed by atoms with van der Waals surface area (Å²) in [4.78, 5) is 57.6. The molecule has 14 nitrogen and oxygen atoms in total. The van der Waals surface area contributed by atoms with Crippen LogP contribution in [0.4, 0.5) is 17.6 Å². The van der Waals surface area contributed by atoms with Crippen molar-refractivity contribution in [1.82, 2.24) is 20.2 Å². The molecule has 86 heavy (non-hydrogen) atoms. The van der Waals surface area contributed by atoms with Crippen LogP contribution in [0.1, 0.15) is 103 Å². The average Bonchev–Trinajstić information content (AvgIpc) is 1.15. The van der Waals surface area contributed by atoms with E-state index in [1.807, 2.05) is 60.7 Å². The number of pyridine rings is 2. The fourth-order valence-corrected chi connectivity index (χ4v) is 9.08. The minimum absolute atomic E-state index is 0. The number of hydrogen-bond donors (Lipinski definition) is 4. The molecule has 472 valence electrons. The first-order valence-electron chi connectivity index (χ1n) is 27.0. The number of fused-ring (bicyclic) bond motifs is 2. The van der Waals surface area contributed by atoms with Crippen LogP contribution >= 0.6 is 24.8 Å². The predicted molar refractivity (Wildman–Crippen MR) is 335 cm³/mol. The molecular weight excluding hydrogens is 1250 g/mol. The van der Waals surface area contributed by atoms with E-state index in [-0.39, 0.29) is 136 Å². The van der Waals surface area contributed by atoms with Crippen molar-refractivity contribution in [2.24, 2.45) is 0 Å². The van der Waals surface area contributed by atoms with Gasteiger partial charge in [0.25, 0.3) is 11.8 Å². The molecular formula is C65H80Cl2F4N4O10Pd. The zero-order valence-electron chi connectivity index (χ0n) is 46.8. The number of H-pyrrole nitrogens is 2. The summed E-state index contributed by atoms with van der Waals surface area (Å²) >= 11 is 0. The number of alkyl halides is 4. The third-order valence-corrected chi connectivity index (χ3v) is 13.3. The second-order valence-electron chi connectivity index (χ2n) is 19.5. The number of ether oxygens (including phenoxy) is 3. The zero-order valence-corrected chi connectivity index (χ0v) is 50.0. The first-order valence-corrected chi connectivity index (χ1v) is 27.0. The summed E-state index contributed by atoms with van der Waals surface area (Å²) in [7, 11) is 0. The Kier molecular flexibility index (Phi) is 36.0. The van der Waals surface area contributed by atoms with Crippen LogP contribution in [0.15, 0.2) is 179 Å². The molecule has 0 aliphatic carbocycles. The third kappa shape index (κ3) is 24.3. The van der Waals surface area contributed by atoms with E-state index < -0.39 is 25.1 Å². The quantitative estimate of drug-likeness (QED) is 0.0139. The Balaban J connectivity index is 0.00000165. The molecule has 2 aromatic heterocycles. The fourth-order valence-electron chi connectivity index (χ4n) is 9.08. The molecule has 0 amide bonds. The summed E-state index contributed by atoms with van der Waals surface area (Å²) in [6, 6.07) is 47.5. The molecule has 8 N–H and O–H groups in total. The third-order valence-electron chi connectivity index (χ3n) is 13.3. The Hall–Kier alpha value is -6.60. The molecule has 0 bridgehead atoms. The van der Waals surface area contributed by atoms with Crippen molar-refractivity contribution in [3.63, 3.8) is 0 Å². The second-order valence-corrected chi connectivity index (χ2v) is 19.5. The number of carbonyl (C=O) groups is 2. The normalized spacial score (nSPS) is 10.8. The minimum atomic E-state index is -3.01. The molecule has 0 atom stereocenters. The summed E-state index contributed by atoms with van der Waals surface area (Å²) in [6.45, 7) is 1.91. The van der Waals surface area contributed by atoms with Gasteiger partial charge in [-0.1, -0.05) is 154 Å². The van der Waals surface area contributed by atoms with Crippen molar-refractivity contribution >= 4 is 58.2 Å². The number of aromatic nitrogens is 2. The van der Waals surface area contributed by atoms with Gasteiger partial charge in [0.05, 0.1) is 24.1 Å². The summed E-state index contributed by atoms with van der Waals surface area (Å²) in [5.41, 5.74) is 3.08. The molecule has 0 saturated carbocycles. The zero-order chi connectivity index (χ0) is 56.6. The molecule has 6 aromatic carbocycles. The van der Waals surface area contributed by atoms with Crippen LogP contribution in [-0.4, -0.2) is 95.1 Å². The SMILES string of the molecule is C.Cl.Cl.O.O.O=C(CN(CCCCCCOCC(F)(F)c1ccccc1)Cc1ccccc1)c1ccc(OCc2ccccc2)c2[nH]c(=O)ccc12.O=C(CNCCCCCCOCC(F)(F)c1ccccc1)c1ccc(O)c2[nH]c(=O)ccc12.[HH].[Pd]. The molecule has 8 aromatic rings. The minimum Gasteiger partial charge on any atom is -0.506 e. The van der Waals surface area contributed by atoms with Gasteiger partial charge in [0.1, 0.15) is 31.3 Å². The number of benzene rings is 6. The van der Waals surface area contributed by atoms with Crippen LogP contribution in [0.2, 0.25) is 0 Å². The smallest absolute Gasteiger partial charge is 0.296 e. The number of unbranched alkanes of at least 4 members (excludes halogenated alkanes) is 6. The van der Waals surface area contributed by atoms with Crippen LogP contribution in [0, 0.1) is 0 Å². The number of phenolic OH excluding ortho intramolecular Hbond substituents is 1. The molecule has 2 heterocycles. The molecule has 0 radical (unpaired) electrons. The van der Waals surface area contributed by atoms with Gasteiger partial charge in [0, 0.05) is 86.8 Å². The monoisotopic (exact) mass is 1330 g/mol. The predicted octanol–water partition coefficient (Wildman–Crippen LogP) is 12.6. The van der Waals surface area contributed by atoms with E-state index >= 15 is 0 Å².